The largest absolute Gasteiger partial charge is 0.405 e. The highest BCUT2D eigenvalue weighted by molar-refractivity contribution is 7.97. The quantitative estimate of drug-likeness (QED) is 0.0532. The van der Waals surface area contributed by atoms with Crippen LogP contribution in [-0.4, -0.2) is 46.7 Å². The second-order valence-electron chi connectivity index (χ2n) is 16.2. The standard InChI is InChI=1S/C27H37N5.C16H32N2OS.C2H5N.C2H6.2C2H4/c1-19(15-16-27(3,4)18-28)13-14-20(2)32-17-21-9-5-6-10-22(21)25-26(30-31-29-25)23-11-7-8-12-24(23)32;1-6-10-18-16(19)14(5)15(7-2)13(4)12(3)9-8-11-20-17;1-2-3;3*1-2/h5,7-9,11-12,19H,2,6,10,13-18,28H2,1,3-4H3,(H,29,30,31);7,12-15H,2,6,8-11,17H2,1,3-5H3,(H,18,19);2H,1,3H2;1-2H3;2*1-2H2. The van der Waals surface area contributed by atoms with Gasteiger partial charge in [0.1, 0.15) is 11.4 Å². The Labute approximate surface area is 378 Å². The Morgan fingerprint density at radius 2 is 1.66 bits per heavy atom. The first kappa shape index (κ1) is 59.0. The number of nitrogens with one attached hydrogen (secondary N) is 2. The Hall–Kier alpha value is -4.12. The first-order valence-electron chi connectivity index (χ1n) is 22.4. The van der Waals surface area contributed by atoms with Crippen LogP contribution >= 0.6 is 11.9 Å². The molecule has 2 heterocycles. The number of benzene rings is 1. The van der Waals surface area contributed by atoms with Crippen molar-refractivity contribution in [1.29, 1.82) is 0 Å². The van der Waals surface area contributed by atoms with Gasteiger partial charge in [0.2, 0.25) is 5.91 Å². The van der Waals surface area contributed by atoms with Gasteiger partial charge in [-0.05, 0) is 110 Å². The number of fused-ring (bicyclic) bond motifs is 4. The molecule has 5 atom stereocenters. The van der Waals surface area contributed by atoms with Crippen molar-refractivity contribution in [3.8, 4) is 11.3 Å². The summed E-state index contributed by atoms with van der Waals surface area (Å²) in [4.78, 5) is 14.5. The van der Waals surface area contributed by atoms with Crippen molar-refractivity contribution in [2.45, 2.75) is 120 Å². The van der Waals surface area contributed by atoms with Crippen molar-refractivity contribution in [3.05, 3.63) is 112 Å². The summed E-state index contributed by atoms with van der Waals surface area (Å²) in [6, 6.07) is 8.52. The highest BCUT2D eigenvalue weighted by Gasteiger charge is 2.30. The fraction of sp³-hybridized carbons (Fsp3) is 0.549. The van der Waals surface area contributed by atoms with E-state index in [0.717, 1.165) is 93.0 Å². The molecule has 4 rings (SSSR count). The van der Waals surface area contributed by atoms with Gasteiger partial charge in [0.05, 0.1) is 5.69 Å². The molecule has 10 heteroatoms. The molecule has 1 amide bonds. The second kappa shape index (κ2) is 34.5. The number of amides is 1. The summed E-state index contributed by atoms with van der Waals surface area (Å²) < 4.78 is 0. The molecule has 344 valence electrons. The van der Waals surface area contributed by atoms with Gasteiger partial charge in [-0.25, -0.2) is 0 Å². The van der Waals surface area contributed by atoms with Crippen LogP contribution in [0, 0.1) is 35.0 Å². The van der Waals surface area contributed by atoms with Crippen molar-refractivity contribution in [2.24, 2.45) is 51.6 Å². The zero-order valence-electron chi connectivity index (χ0n) is 40.0. The first-order valence-corrected chi connectivity index (χ1v) is 23.4. The van der Waals surface area contributed by atoms with Crippen LogP contribution in [0.4, 0.5) is 5.69 Å². The Morgan fingerprint density at radius 1 is 1.03 bits per heavy atom. The summed E-state index contributed by atoms with van der Waals surface area (Å²) >= 11 is 1.41. The van der Waals surface area contributed by atoms with E-state index in [1.165, 1.54) is 47.8 Å². The number of nitrogens with zero attached hydrogens (tertiary/aromatic N) is 3. The van der Waals surface area contributed by atoms with E-state index in [9.17, 15) is 4.79 Å². The first-order chi connectivity index (χ1) is 29.3. The van der Waals surface area contributed by atoms with Crippen molar-refractivity contribution in [3.63, 3.8) is 0 Å². The molecule has 1 aliphatic carbocycles. The van der Waals surface area contributed by atoms with Crippen LogP contribution in [-0.2, 0) is 4.79 Å². The fourth-order valence-corrected chi connectivity index (χ4v) is 7.56. The second-order valence-corrected chi connectivity index (χ2v) is 16.9. The lowest BCUT2D eigenvalue weighted by Gasteiger charge is -2.33. The molecular weight excluding hydrogens is 773 g/mol. The third-order valence-electron chi connectivity index (χ3n) is 11.3. The van der Waals surface area contributed by atoms with Gasteiger partial charge in [-0.3, -0.25) is 9.93 Å². The molecule has 2 aromatic rings. The number of aromatic nitrogens is 3. The molecule has 1 aliphatic heterocycles. The van der Waals surface area contributed by atoms with E-state index < -0.39 is 0 Å². The molecule has 1 aromatic heterocycles. The minimum atomic E-state index is -0.0135. The number of carbonyl (C=O) groups excluding carboxylic acids is 1. The van der Waals surface area contributed by atoms with Gasteiger partial charge in [-0.15, -0.1) is 32.9 Å². The Balaban J connectivity index is 0. The maximum Gasteiger partial charge on any atom is 0.223 e. The lowest BCUT2D eigenvalue weighted by molar-refractivity contribution is -0.126. The summed E-state index contributed by atoms with van der Waals surface area (Å²) in [5, 5.41) is 20.4. The molecule has 61 heavy (non-hydrogen) atoms. The average Bonchev–Trinajstić information content (AvgIpc) is 3.77. The fourth-order valence-electron chi connectivity index (χ4n) is 7.23. The normalized spacial score (nSPS) is 14.8. The lowest BCUT2D eigenvalue weighted by Crippen LogP contribution is -2.36. The van der Waals surface area contributed by atoms with E-state index in [4.69, 9.17) is 10.9 Å². The third kappa shape index (κ3) is 20.5. The van der Waals surface area contributed by atoms with Gasteiger partial charge in [-0.1, -0.05) is 130 Å². The van der Waals surface area contributed by atoms with Gasteiger partial charge < -0.3 is 21.7 Å². The van der Waals surface area contributed by atoms with Gasteiger partial charge in [0.25, 0.3) is 0 Å². The van der Waals surface area contributed by atoms with Gasteiger partial charge >= 0.3 is 0 Å². The Kier molecular flexibility index (Phi) is 33.3. The molecule has 0 spiro atoms. The van der Waals surface area contributed by atoms with E-state index in [1.807, 2.05) is 26.8 Å². The highest BCUT2D eigenvalue weighted by atomic mass is 32.2. The number of rotatable bonds is 19. The lowest BCUT2D eigenvalue weighted by atomic mass is 9.75. The van der Waals surface area contributed by atoms with Crippen LogP contribution in [0.3, 0.4) is 0 Å². The minimum Gasteiger partial charge on any atom is -0.405 e. The maximum atomic E-state index is 12.1. The summed E-state index contributed by atoms with van der Waals surface area (Å²) in [6.45, 7) is 45.4. The number of para-hydroxylation sites is 1. The van der Waals surface area contributed by atoms with Crippen LogP contribution in [0.2, 0.25) is 0 Å². The number of aromatic amines is 1. The summed E-state index contributed by atoms with van der Waals surface area (Å²) in [7, 11) is 0. The molecule has 0 saturated carbocycles. The minimum absolute atomic E-state index is 0.0135. The average molecular weight is 861 g/mol. The number of carbonyl (C=O) groups is 1. The highest BCUT2D eigenvalue weighted by Crippen LogP contribution is 2.42. The number of H-pyrrole nitrogens is 1. The van der Waals surface area contributed by atoms with E-state index >= 15 is 0 Å². The summed E-state index contributed by atoms with van der Waals surface area (Å²) in [6.07, 6.45) is 17.5. The molecule has 2 aliphatic rings. The van der Waals surface area contributed by atoms with E-state index in [-0.39, 0.29) is 23.2 Å². The molecular formula is C51H88N8OS. The molecule has 0 bridgehead atoms. The van der Waals surface area contributed by atoms with Crippen LogP contribution < -0.4 is 26.8 Å². The molecule has 0 saturated heterocycles. The topological polar surface area (TPSA) is 152 Å². The number of hydrogen-bond donors (Lipinski definition) is 5. The molecule has 1 aromatic carbocycles. The predicted octanol–water partition coefficient (Wildman–Crippen LogP) is 12.4. The van der Waals surface area contributed by atoms with Gasteiger partial charge in [0, 0.05) is 36.0 Å². The summed E-state index contributed by atoms with van der Waals surface area (Å²) in [5.41, 5.74) is 18.8. The Bertz CT molecular complexity index is 1580. The van der Waals surface area contributed by atoms with Crippen LogP contribution in [0.15, 0.2) is 106 Å². The van der Waals surface area contributed by atoms with E-state index in [1.54, 1.807) is 0 Å². The number of hydrogen-bond acceptors (Lipinski definition) is 8. The van der Waals surface area contributed by atoms with Crippen LogP contribution in [0.1, 0.15) is 126 Å². The van der Waals surface area contributed by atoms with Gasteiger partial charge in [-0.2, -0.15) is 15.4 Å². The maximum absolute atomic E-state index is 12.1. The SMILES string of the molecule is C=C.C=C.C=C(CCC(C)CCC(C)(C)CN)N1CC2=C(CCC=C2)c2n[nH]nc2-c2ccccc21.C=CC(C(C)C(=O)NCCC)C(C)C(C)CCCSN.C=CN.CC. The zero-order chi connectivity index (χ0) is 47.0. The van der Waals surface area contributed by atoms with Crippen LogP contribution in [0.25, 0.3) is 16.8 Å². The molecule has 9 nitrogen and oxygen atoms in total. The number of anilines is 1. The molecule has 8 N–H and O–H groups in total. The summed E-state index contributed by atoms with van der Waals surface area (Å²) in [5.74, 6) is 3.04. The van der Waals surface area contributed by atoms with Crippen molar-refractivity contribution >= 4 is 29.1 Å². The van der Waals surface area contributed by atoms with Crippen molar-refractivity contribution < 1.29 is 4.79 Å². The number of nitrogens with two attached hydrogens (primary N) is 3. The molecule has 5 unspecified atom stereocenters. The third-order valence-corrected chi connectivity index (χ3v) is 11.8. The van der Waals surface area contributed by atoms with Crippen molar-refractivity contribution in [1.82, 2.24) is 20.7 Å². The molecule has 0 fully saturated rings. The predicted molar refractivity (Wildman–Crippen MR) is 273 cm³/mol. The number of allylic oxidation sites excluding steroid dienone is 4. The Morgan fingerprint density at radius 3 is 2.25 bits per heavy atom. The zero-order valence-corrected chi connectivity index (χ0v) is 40.9. The van der Waals surface area contributed by atoms with E-state index in [2.05, 4.69) is 155 Å². The van der Waals surface area contributed by atoms with Crippen molar-refractivity contribution in [2.75, 3.05) is 30.3 Å². The van der Waals surface area contributed by atoms with E-state index in [0.29, 0.717) is 17.8 Å². The van der Waals surface area contributed by atoms with Crippen LogP contribution in [0.5, 0.6) is 0 Å². The van der Waals surface area contributed by atoms with Gasteiger partial charge in [0.15, 0.2) is 0 Å². The smallest absolute Gasteiger partial charge is 0.223 e. The molecule has 0 radical (unpaired) electrons. The monoisotopic (exact) mass is 861 g/mol.